The van der Waals surface area contributed by atoms with Crippen LogP contribution in [0.25, 0.3) is 0 Å². The standard InChI is InChI=1S/C15H20Cl2N2O2/c1-19(7-8-20)14(21)18-10-15(5-2-6-15)12-4-3-11(16)9-13(12)17/h3-4,9,20H,2,5-8,10H2,1H3,(H,18,21). The predicted molar refractivity (Wildman–Crippen MR) is 85.1 cm³/mol. The third-order valence-corrected chi connectivity index (χ3v) is 4.72. The fourth-order valence-corrected chi connectivity index (χ4v) is 3.30. The van der Waals surface area contributed by atoms with Gasteiger partial charge in [-0.3, -0.25) is 0 Å². The topological polar surface area (TPSA) is 52.6 Å². The lowest BCUT2D eigenvalue weighted by Gasteiger charge is -2.43. The molecule has 1 saturated carbocycles. The van der Waals surface area contributed by atoms with Crippen LogP contribution in [0.3, 0.4) is 0 Å². The summed E-state index contributed by atoms with van der Waals surface area (Å²) in [5.74, 6) is 0. The normalized spacial score (nSPS) is 16.2. The predicted octanol–water partition coefficient (Wildman–Crippen LogP) is 3.05. The summed E-state index contributed by atoms with van der Waals surface area (Å²) in [6.45, 7) is 0.821. The van der Waals surface area contributed by atoms with Gasteiger partial charge in [-0.15, -0.1) is 0 Å². The molecule has 2 N–H and O–H groups in total. The number of carbonyl (C=O) groups is 1. The van der Waals surface area contributed by atoms with Crippen molar-refractivity contribution in [2.45, 2.75) is 24.7 Å². The van der Waals surface area contributed by atoms with Gasteiger partial charge in [-0.1, -0.05) is 35.7 Å². The molecule has 1 aromatic rings. The first kappa shape index (κ1) is 16.4. The third-order valence-electron chi connectivity index (χ3n) is 4.17. The van der Waals surface area contributed by atoms with Gasteiger partial charge < -0.3 is 15.3 Å². The number of nitrogens with one attached hydrogen (secondary N) is 1. The highest BCUT2D eigenvalue weighted by Crippen LogP contribution is 2.46. The lowest BCUT2D eigenvalue weighted by atomic mass is 9.64. The van der Waals surface area contributed by atoms with Gasteiger partial charge in [-0.25, -0.2) is 4.79 Å². The van der Waals surface area contributed by atoms with Crippen LogP contribution in [0.4, 0.5) is 4.79 Å². The molecule has 0 spiro atoms. The smallest absolute Gasteiger partial charge is 0.317 e. The molecule has 1 aliphatic rings. The number of hydrogen-bond acceptors (Lipinski definition) is 2. The van der Waals surface area contributed by atoms with Crippen LogP contribution in [0.5, 0.6) is 0 Å². The fraction of sp³-hybridized carbons (Fsp3) is 0.533. The van der Waals surface area contributed by atoms with Crippen LogP contribution < -0.4 is 5.32 Å². The van der Waals surface area contributed by atoms with Crippen LogP contribution in [0.2, 0.25) is 10.0 Å². The number of aliphatic hydroxyl groups excluding tert-OH is 1. The maximum atomic E-state index is 11.9. The van der Waals surface area contributed by atoms with E-state index in [9.17, 15) is 4.79 Å². The molecule has 1 fully saturated rings. The monoisotopic (exact) mass is 330 g/mol. The molecule has 0 unspecified atom stereocenters. The minimum absolute atomic E-state index is 0.0436. The van der Waals surface area contributed by atoms with Crippen molar-refractivity contribution < 1.29 is 9.90 Å². The Morgan fingerprint density at radius 2 is 2.14 bits per heavy atom. The Labute approximate surface area is 135 Å². The van der Waals surface area contributed by atoms with E-state index in [2.05, 4.69) is 5.32 Å². The maximum absolute atomic E-state index is 11.9. The van der Waals surface area contributed by atoms with Gasteiger partial charge in [-0.2, -0.15) is 0 Å². The first-order chi connectivity index (χ1) is 9.98. The molecule has 0 radical (unpaired) electrons. The lowest BCUT2D eigenvalue weighted by Crippen LogP contribution is -2.49. The first-order valence-electron chi connectivity index (χ1n) is 7.04. The van der Waals surface area contributed by atoms with E-state index < -0.39 is 0 Å². The quantitative estimate of drug-likeness (QED) is 0.871. The van der Waals surface area contributed by atoms with Crippen LogP contribution >= 0.6 is 23.2 Å². The molecule has 21 heavy (non-hydrogen) atoms. The second kappa shape index (κ2) is 6.86. The summed E-state index contributed by atoms with van der Waals surface area (Å²) >= 11 is 12.3. The molecule has 6 heteroatoms. The fourth-order valence-electron chi connectivity index (χ4n) is 2.70. The second-order valence-electron chi connectivity index (χ2n) is 5.56. The van der Waals surface area contributed by atoms with Gasteiger partial charge in [-0.05, 0) is 30.5 Å². The summed E-state index contributed by atoms with van der Waals surface area (Å²) in [4.78, 5) is 13.4. The Kier molecular flexibility index (Phi) is 5.36. The highest BCUT2D eigenvalue weighted by atomic mass is 35.5. The second-order valence-corrected chi connectivity index (χ2v) is 6.41. The van der Waals surface area contributed by atoms with Gasteiger partial charge >= 0.3 is 6.03 Å². The van der Waals surface area contributed by atoms with Crippen molar-refractivity contribution in [3.05, 3.63) is 33.8 Å². The van der Waals surface area contributed by atoms with Crippen molar-refractivity contribution in [3.8, 4) is 0 Å². The highest BCUT2D eigenvalue weighted by Gasteiger charge is 2.40. The Hall–Kier alpha value is -0.970. The number of nitrogens with zero attached hydrogens (tertiary/aromatic N) is 1. The van der Waals surface area contributed by atoms with E-state index in [4.69, 9.17) is 28.3 Å². The zero-order valence-electron chi connectivity index (χ0n) is 12.0. The maximum Gasteiger partial charge on any atom is 0.317 e. The van der Waals surface area contributed by atoms with Crippen LogP contribution in [0, 0.1) is 0 Å². The summed E-state index contributed by atoms with van der Waals surface area (Å²) in [6, 6.07) is 5.36. The Bertz CT molecular complexity index is 518. The van der Waals surface area contributed by atoms with Crippen LogP contribution in [-0.4, -0.2) is 42.8 Å². The number of amides is 2. The molecular formula is C15H20Cl2N2O2. The number of benzene rings is 1. The molecule has 0 heterocycles. The number of likely N-dealkylation sites (N-methyl/N-ethyl adjacent to an activating group) is 1. The van der Waals surface area contributed by atoms with E-state index in [-0.39, 0.29) is 18.1 Å². The lowest BCUT2D eigenvalue weighted by molar-refractivity contribution is 0.179. The van der Waals surface area contributed by atoms with E-state index in [1.54, 1.807) is 13.1 Å². The van der Waals surface area contributed by atoms with E-state index in [1.165, 1.54) is 4.90 Å². The van der Waals surface area contributed by atoms with E-state index in [0.717, 1.165) is 24.8 Å². The summed E-state index contributed by atoms with van der Waals surface area (Å²) in [5, 5.41) is 13.1. The van der Waals surface area contributed by atoms with Crippen LogP contribution in [-0.2, 0) is 5.41 Å². The van der Waals surface area contributed by atoms with Crippen molar-refractivity contribution in [1.82, 2.24) is 10.2 Å². The molecule has 0 aliphatic heterocycles. The minimum Gasteiger partial charge on any atom is -0.395 e. The largest absolute Gasteiger partial charge is 0.395 e. The van der Waals surface area contributed by atoms with Gasteiger partial charge in [0.05, 0.1) is 6.61 Å². The molecule has 2 rings (SSSR count). The van der Waals surface area contributed by atoms with Gasteiger partial charge in [0.25, 0.3) is 0 Å². The molecule has 0 atom stereocenters. The molecule has 4 nitrogen and oxygen atoms in total. The number of rotatable bonds is 5. The third kappa shape index (κ3) is 3.62. The number of urea groups is 1. The zero-order valence-corrected chi connectivity index (χ0v) is 13.5. The summed E-state index contributed by atoms with van der Waals surface area (Å²) in [6.07, 6.45) is 3.12. The van der Waals surface area contributed by atoms with Gasteiger partial charge in [0.15, 0.2) is 0 Å². The number of carbonyl (C=O) groups excluding carboxylic acids is 1. The molecule has 0 bridgehead atoms. The molecule has 1 aromatic carbocycles. The Morgan fingerprint density at radius 3 is 2.67 bits per heavy atom. The number of aliphatic hydroxyl groups is 1. The van der Waals surface area contributed by atoms with E-state index in [1.807, 2.05) is 12.1 Å². The minimum atomic E-state index is -0.180. The summed E-state index contributed by atoms with van der Waals surface area (Å²) in [5.41, 5.74) is 0.946. The first-order valence-corrected chi connectivity index (χ1v) is 7.79. The average Bonchev–Trinajstić information content (AvgIpc) is 2.39. The zero-order chi connectivity index (χ0) is 15.5. The SMILES string of the molecule is CN(CCO)C(=O)NCC1(c2ccc(Cl)cc2Cl)CCC1. The van der Waals surface area contributed by atoms with Crippen LogP contribution in [0.1, 0.15) is 24.8 Å². The molecule has 0 saturated heterocycles. The molecule has 0 aromatic heterocycles. The van der Waals surface area contributed by atoms with Crippen molar-refractivity contribution in [2.24, 2.45) is 0 Å². The number of hydrogen-bond donors (Lipinski definition) is 2. The van der Waals surface area contributed by atoms with E-state index >= 15 is 0 Å². The van der Waals surface area contributed by atoms with Gasteiger partial charge in [0, 0.05) is 35.6 Å². The molecule has 1 aliphatic carbocycles. The van der Waals surface area contributed by atoms with Gasteiger partial charge in [0.2, 0.25) is 0 Å². The molecule has 116 valence electrons. The van der Waals surface area contributed by atoms with Crippen molar-refractivity contribution in [1.29, 1.82) is 0 Å². The molecule has 2 amide bonds. The Balaban J connectivity index is 2.07. The molecular weight excluding hydrogens is 311 g/mol. The average molecular weight is 331 g/mol. The number of halogens is 2. The van der Waals surface area contributed by atoms with Gasteiger partial charge in [0.1, 0.15) is 0 Å². The highest BCUT2D eigenvalue weighted by molar-refractivity contribution is 6.35. The van der Waals surface area contributed by atoms with Crippen molar-refractivity contribution in [3.63, 3.8) is 0 Å². The Morgan fingerprint density at radius 1 is 1.43 bits per heavy atom. The summed E-state index contributed by atoms with van der Waals surface area (Å²) < 4.78 is 0. The van der Waals surface area contributed by atoms with Crippen LogP contribution in [0.15, 0.2) is 18.2 Å². The van der Waals surface area contributed by atoms with Crippen molar-refractivity contribution >= 4 is 29.2 Å². The van der Waals surface area contributed by atoms with Crippen molar-refractivity contribution in [2.75, 3.05) is 26.7 Å². The van der Waals surface area contributed by atoms with E-state index in [0.29, 0.717) is 23.1 Å². The summed E-state index contributed by atoms with van der Waals surface area (Å²) in [7, 11) is 1.66.